The van der Waals surface area contributed by atoms with Crippen molar-refractivity contribution >= 4 is 66.7 Å². The van der Waals surface area contributed by atoms with E-state index in [-0.39, 0.29) is 17.5 Å². The van der Waals surface area contributed by atoms with Gasteiger partial charge in [-0.3, -0.25) is 0 Å². The van der Waals surface area contributed by atoms with Crippen LogP contribution in [0.3, 0.4) is 0 Å². The lowest BCUT2D eigenvalue weighted by Gasteiger charge is -2.34. The molecular formula is C65H50BN5. The quantitative estimate of drug-likeness (QED) is 0.162. The average Bonchev–Trinajstić information content (AvgIpc) is 3.92. The molecule has 338 valence electrons. The van der Waals surface area contributed by atoms with Crippen LogP contribution in [-0.2, 0) is 10.8 Å². The fraction of sp³-hybridized carbons (Fsp3) is 0.123. The molecule has 2 aliphatic rings. The Hall–Kier alpha value is -8.35. The van der Waals surface area contributed by atoms with E-state index in [1.54, 1.807) is 12.7 Å². The largest absolute Gasteiger partial charge is 0.310 e. The van der Waals surface area contributed by atoms with Gasteiger partial charge in [0.1, 0.15) is 12.7 Å². The number of benzene rings is 9. The van der Waals surface area contributed by atoms with E-state index in [1.807, 2.05) is 0 Å². The van der Waals surface area contributed by atoms with Gasteiger partial charge < -0.3 is 9.13 Å². The lowest BCUT2D eigenvalue weighted by molar-refractivity contribution is 0.590. The predicted molar refractivity (Wildman–Crippen MR) is 298 cm³/mol. The third kappa shape index (κ3) is 6.37. The molecule has 5 heterocycles. The Kier molecular flexibility index (Phi) is 8.84. The number of aromatic nitrogens is 5. The first kappa shape index (κ1) is 41.6. The van der Waals surface area contributed by atoms with Gasteiger partial charge in [-0.05, 0) is 131 Å². The van der Waals surface area contributed by atoms with Crippen LogP contribution in [0.5, 0.6) is 0 Å². The van der Waals surface area contributed by atoms with Crippen molar-refractivity contribution in [1.82, 2.24) is 24.1 Å². The normalized spacial score (nSPS) is 12.9. The number of fused-ring (bicyclic) bond motifs is 10. The fourth-order valence-electron chi connectivity index (χ4n) is 11.9. The molecular weight excluding hydrogens is 862 g/mol. The molecule has 0 fully saturated rings. The molecule has 0 N–H and O–H groups in total. The molecule has 0 saturated carbocycles. The first-order valence-corrected chi connectivity index (χ1v) is 24.8. The van der Waals surface area contributed by atoms with Gasteiger partial charge in [0, 0.05) is 49.5 Å². The van der Waals surface area contributed by atoms with E-state index in [0.717, 1.165) is 16.9 Å². The smallest absolute Gasteiger partial charge is 0.252 e. The van der Waals surface area contributed by atoms with Crippen LogP contribution in [0.25, 0.3) is 111 Å². The first-order valence-electron chi connectivity index (χ1n) is 24.8. The van der Waals surface area contributed by atoms with Crippen LogP contribution < -0.4 is 16.4 Å². The Morgan fingerprint density at radius 2 is 0.761 bits per heavy atom. The number of nitrogens with zero attached hydrogens (tertiary/aromatic N) is 5. The van der Waals surface area contributed by atoms with Gasteiger partial charge in [0.15, 0.2) is 5.82 Å². The minimum absolute atomic E-state index is 0.0435. The van der Waals surface area contributed by atoms with Gasteiger partial charge in [0.05, 0.1) is 11.0 Å². The van der Waals surface area contributed by atoms with Crippen LogP contribution in [0.15, 0.2) is 195 Å². The minimum atomic E-state index is -0.101. The molecule has 0 atom stereocenters. The highest BCUT2D eigenvalue weighted by atomic mass is 15.0. The maximum atomic E-state index is 4.78. The summed E-state index contributed by atoms with van der Waals surface area (Å²) in [5, 5.41) is 4.94. The summed E-state index contributed by atoms with van der Waals surface area (Å²) in [6.07, 6.45) is 3.21. The van der Waals surface area contributed by atoms with Crippen LogP contribution in [0, 0.1) is 0 Å². The van der Waals surface area contributed by atoms with Gasteiger partial charge in [-0.1, -0.05) is 175 Å². The van der Waals surface area contributed by atoms with Gasteiger partial charge in [0.25, 0.3) is 6.71 Å². The standard InChI is InChI=1S/C65H50BN5/c1-64(2,3)48-23-17-41(18-24-48)45-31-52-50-29-43(39-13-9-7-10-14-39)21-27-56(50)70-58-35-47(63-68-37-67-38-69-63)36-59-60(58)66(54(33-45)61(52)70)55-34-46(42-19-25-49(26-20-42)65(4,5)6)32-53-51-30-44(40-15-11-8-12-16-40)22-28-57(51)71(59)62(53)55/h7-38H,1-6H3. The van der Waals surface area contributed by atoms with Gasteiger partial charge in [-0.2, -0.15) is 0 Å². The van der Waals surface area contributed by atoms with E-state index < -0.39 is 0 Å². The summed E-state index contributed by atoms with van der Waals surface area (Å²) in [5.41, 5.74) is 24.3. The second-order valence-corrected chi connectivity index (χ2v) is 21.8. The van der Waals surface area contributed by atoms with Crippen LogP contribution in [0.4, 0.5) is 0 Å². The van der Waals surface area contributed by atoms with Crippen molar-refractivity contribution in [1.29, 1.82) is 0 Å². The lowest BCUT2D eigenvalue weighted by atomic mass is 9.34. The molecule has 6 heteroatoms. The fourth-order valence-corrected chi connectivity index (χ4v) is 11.9. The highest BCUT2D eigenvalue weighted by Crippen LogP contribution is 2.44. The molecule has 12 aromatic rings. The Bertz CT molecular complexity index is 3890. The predicted octanol–water partition coefficient (Wildman–Crippen LogP) is 14.1. The van der Waals surface area contributed by atoms with Crippen molar-refractivity contribution in [2.24, 2.45) is 0 Å². The third-order valence-electron chi connectivity index (χ3n) is 15.4. The molecule has 0 radical (unpaired) electrons. The Labute approximate surface area is 414 Å². The number of hydrogen-bond acceptors (Lipinski definition) is 3. The Balaban J connectivity index is 1.14. The van der Waals surface area contributed by atoms with Crippen molar-refractivity contribution in [2.75, 3.05) is 0 Å². The van der Waals surface area contributed by atoms with Gasteiger partial charge in [0.2, 0.25) is 0 Å². The van der Waals surface area contributed by atoms with Crippen LogP contribution in [0.1, 0.15) is 52.7 Å². The second-order valence-electron chi connectivity index (χ2n) is 21.8. The molecule has 0 spiro atoms. The maximum Gasteiger partial charge on any atom is 0.252 e. The monoisotopic (exact) mass is 911 g/mol. The molecule has 0 unspecified atom stereocenters. The zero-order chi connectivity index (χ0) is 47.9. The summed E-state index contributed by atoms with van der Waals surface area (Å²) in [7, 11) is 0. The molecule has 5 nitrogen and oxygen atoms in total. The summed E-state index contributed by atoms with van der Waals surface area (Å²) < 4.78 is 5.11. The lowest BCUT2D eigenvalue weighted by Crippen LogP contribution is -2.59. The maximum absolute atomic E-state index is 4.78. The van der Waals surface area contributed by atoms with Crippen LogP contribution in [0.2, 0.25) is 0 Å². The van der Waals surface area contributed by atoms with Gasteiger partial charge in [-0.25, -0.2) is 15.0 Å². The Morgan fingerprint density at radius 1 is 0.366 bits per heavy atom. The van der Waals surface area contributed by atoms with Crippen molar-refractivity contribution < 1.29 is 0 Å². The number of hydrogen-bond donors (Lipinski definition) is 0. The summed E-state index contributed by atoms with van der Waals surface area (Å²) >= 11 is 0. The molecule has 3 aromatic heterocycles. The molecule has 71 heavy (non-hydrogen) atoms. The molecule has 0 bridgehead atoms. The Morgan fingerprint density at radius 3 is 1.18 bits per heavy atom. The molecule has 14 rings (SSSR count). The van der Waals surface area contributed by atoms with Crippen LogP contribution >= 0.6 is 0 Å². The van der Waals surface area contributed by atoms with E-state index >= 15 is 0 Å². The van der Waals surface area contributed by atoms with E-state index in [1.165, 1.54) is 116 Å². The SMILES string of the molecule is CC(C)(C)c1ccc(-c2cc3c4c(c2)c2cc(-c5ccccc5)ccc2n4-c2cc(-c4ncncn4)cc4c2B3c2cc(-c3ccc(C(C)(C)C)cc3)cc3c5cc(-c6ccccc6)ccc5n-4c23)cc1. The van der Waals surface area contributed by atoms with E-state index in [2.05, 4.69) is 238 Å². The van der Waals surface area contributed by atoms with Crippen molar-refractivity contribution in [3.05, 3.63) is 206 Å². The third-order valence-corrected chi connectivity index (χ3v) is 15.4. The first-order chi connectivity index (χ1) is 34.5. The van der Waals surface area contributed by atoms with Crippen LogP contribution in [-0.4, -0.2) is 30.8 Å². The van der Waals surface area contributed by atoms with Crippen molar-refractivity contribution in [2.45, 2.75) is 52.4 Å². The summed E-state index contributed by atoms with van der Waals surface area (Å²) in [6, 6.07) is 68.8. The molecule has 2 aliphatic heterocycles. The second kappa shape index (κ2) is 15.1. The van der Waals surface area contributed by atoms with Crippen molar-refractivity contribution in [3.8, 4) is 67.3 Å². The topological polar surface area (TPSA) is 48.5 Å². The van der Waals surface area contributed by atoms with Crippen molar-refractivity contribution in [3.63, 3.8) is 0 Å². The van der Waals surface area contributed by atoms with E-state index in [0.29, 0.717) is 5.82 Å². The minimum Gasteiger partial charge on any atom is -0.310 e. The number of rotatable bonds is 5. The van der Waals surface area contributed by atoms with Gasteiger partial charge >= 0.3 is 0 Å². The highest BCUT2D eigenvalue weighted by Gasteiger charge is 2.42. The zero-order valence-corrected chi connectivity index (χ0v) is 40.8. The zero-order valence-electron chi connectivity index (χ0n) is 40.8. The average molecular weight is 912 g/mol. The summed E-state index contributed by atoms with van der Waals surface area (Å²) in [4.78, 5) is 13.8. The molecule has 0 amide bonds. The van der Waals surface area contributed by atoms with Gasteiger partial charge in [-0.15, -0.1) is 0 Å². The molecule has 0 aliphatic carbocycles. The molecule has 9 aromatic carbocycles. The summed E-state index contributed by atoms with van der Waals surface area (Å²) in [5.74, 6) is 0.647. The van der Waals surface area contributed by atoms with E-state index in [4.69, 9.17) is 9.97 Å². The van der Waals surface area contributed by atoms with E-state index in [9.17, 15) is 0 Å². The highest BCUT2D eigenvalue weighted by molar-refractivity contribution is 7.00. The summed E-state index contributed by atoms with van der Waals surface area (Å²) in [6.45, 7) is 13.6. The molecule has 0 saturated heterocycles.